The number of likely N-dealkylation sites (tertiary alicyclic amines) is 1. The summed E-state index contributed by atoms with van der Waals surface area (Å²) >= 11 is 0. The van der Waals surface area contributed by atoms with E-state index in [0.717, 1.165) is 44.6 Å². The van der Waals surface area contributed by atoms with Crippen LogP contribution < -0.4 is 0 Å². The Kier molecular flexibility index (Phi) is 5.48. The molecule has 130 valence electrons. The minimum atomic E-state index is -0.910. The molecule has 3 rings (SSSR count). The Balaban J connectivity index is 1.58. The summed E-state index contributed by atoms with van der Waals surface area (Å²) in [6.45, 7) is 5.04. The second kappa shape index (κ2) is 7.77. The van der Waals surface area contributed by atoms with Crippen LogP contribution in [0.15, 0.2) is 24.3 Å². The molecule has 2 saturated heterocycles. The van der Waals surface area contributed by atoms with Gasteiger partial charge in [-0.05, 0) is 30.5 Å². The van der Waals surface area contributed by atoms with Crippen molar-refractivity contribution in [3.05, 3.63) is 35.4 Å². The average molecular weight is 332 g/mol. The topological polar surface area (TPSA) is 70.1 Å². The minimum Gasteiger partial charge on any atom is -0.478 e. The van der Waals surface area contributed by atoms with Gasteiger partial charge in [0.1, 0.15) is 0 Å². The van der Waals surface area contributed by atoms with E-state index in [1.165, 1.54) is 0 Å². The van der Waals surface area contributed by atoms with Crippen LogP contribution in [0.25, 0.3) is 0 Å². The quantitative estimate of drug-likeness (QED) is 0.903. The lowest BCUT2D eigenvalue weighted by Crippen LogP contribution is -2.47. The van der Waals surface area contributed by atoms with Crippen LogP contribution in [0.5, 0.6) is 0 Å². The average Bonchev–Trinajstić information content (AvgIpc) is 2.63. The molecule has 6 nitrogen and oxygen atoms in total. The summed E-state index contributed by atoms with van der Waals surface area (Å²) in [4.78, 5) is 27.6. The van der Waals surface area contributed by atoms with E-state index in [2.05, 4.69) is 4.90 Å². The molecule has 24 heavy (non-hydrogen) atoms. The normalized spacial score (nSPS) is 22.3. The Labute approximate surface area is 142 Å². The summed E-state index contributed by atoms with van der Waals surface area (Å²) in [5.74, 6) is -0.438. The van der Waals surface area contributed by atoms with Crippen molar-refractivity contribution in [1.29, 1.82) is 0 Å². The fourth-order valence-corrected chi connectivity index (χ4v) is 3.42. The summed E-state index contributed by atoms with van der Waals surface area (Å²) in [5, 5.41) is 8.99. The Morgan fingerprint density at radius 3 is 2.50 bits per heavy atom. The zero-order chi connectivity index (χ0) is 16.9. The molecule has 0 aromatic heterocycles. The van der Waals surface area contributed by atoms with E-state index in [-0.39, 0.29) is 11.8 Å². The monoisotopic (exact) mass is 332 g/mol. The molecule has 0 bridgehead atoms. The number of hydrogen-bond acceptors (Lipinski definition) is 4. The molecule has 2 fully saturated rings. The number of carbonyl (C=O) groups is 2. The maximum atomic E-state index is 12.6. The zero-order valence-electron chi connectivity index (χ0n) is 13.8. The third-order valence-electron chi connectivity index (χ3n) is 4.87. The largest absolute Gasteiger partial charge is 0.478 e. The van der Waals surface area contributed by atoms with Crippen molar-refractivity contribution in [3.63, 3.8) is 0 Å². The molecule has 6 heteroatoms. The number of carboxylic acid groups (broad SMARTS) is 1. The Morgan fingerprint density at radius 1 is 1.12 bits per heavy atom. The molecule has 1 aromatic carbocycles. The highest BCUT2D eigenvalue weighted by atomic mass is 16.5. The van der Waals surface area contributed by atoms with Crippen molar-refractivity contribution >= 4 is 11.9 Å². The molecule has 2 aliphatic heterocycles. The van der Waals surface area contributed by atoms with Gasteiger partial charge in [0.25, 0.3) is 0 Å². The first kappa shape index (κ1) is 16.9. The lowest BCUT2D eigenvalue weighted by Gasteiger charge is -2.35. The number of hydrogen-bond donors (Lipinski definition) is 1. The number of piperidine rings is 1. The first-order valence-corrected chi connectivity index (χ1v) is 8.54. The van der Waals surface area contributed by atoms with Crippen LogP contribution in [0.4, 0.5) is 0 Å². The molecule has 1 N–H and O–H groups in total. The summed E-state index contributed by atoms with van der Waals surface area (Å²) in [5.41, 5.74) is 1.42. The van der Waals surface area contributed by atoms with Crippen LogP contribution in [0.2, 0.25) is 0 Å². The van der Waals surface area contributed by atoms with Gasteiger partial charge in [0, 0.05) is 32.1 Å². The number of morpholine rings is 1. The van der Waals surface area contributed by atoms with Crippen molar-refractivity contribution in [2.24, 2.45) is 0 Å². The highest BCUT2D eigenvalue weighted by Crippen LogP contribution is 2.27. The van der Waals surface area contributed by atoms with Crippen LogP contribution in [-0.4, -0.2) is 72.7 Å². The number of benzene rings is 1. The first-order chi connectivity index (χ1) is 11.6. The van der Waals surface area contributed by atoms with Crippen LogP contribution in [-0.2, 0) is 9.53 Å². The van der Waals surface area contributed by atoms with Crippen LogP contribution >= 0.6 is 0 Å². The van der Waals surface area contributed by atoms with Crippen LogP contribution in [0.1, 0.15) is 34.7 Å². The van der Waals surface area contributed by atoms with Gasteiger partial charge in [0.05, 0.1) is 25.3 Å². The predicted octanol–water partition coefficient (Wildman–Crippen LogP) is 1.42. The van der Waals surface area contributed by atoms with Crippen LogP contribution in [0.3, 0.4) is 0 Å². The van der Waals surface area contributed by atoms with Crippen molar-refractivity contribution in [2.75, 3.05) is 45.9 Å². The van der Waals surface area contributed by atoms with E-state index in [4.69, 9.17) is 9.84 Å². The predicted molar refractivity (Wildman–Crippen MR) is 89.2 cm³/mol. The van der Waals surface area contributed by atoms with Gasteiger partial charge in [-0.1, -0.05) is 12.1 Å². The van der Waals surface area contributed by atoms with Crippen molar-refractivity contribution in [2.45, 2.75) is 18.8 Å². The minimum absolute atomic E-state index is 0.184. The van der Waals surface area contributed by atoms with Gasteiger partial charge in [-0.25, -0.2) is 4.79 Å². The summed E-state index contributed by atoms with van der Waals surface area (Å²) < 4.78 is 5.32. The van der Waals surface area contributed by atoms with Crippen molar-refractivity contribution < 1.29 is 19.4 Å². The maximum absolute atomic E-state index is 12.6. The van der Waals surface area contributed by atoms with E-state index < -0.39 is 5.97 Å². The van der Waals surface area contributed by atoms with Gasteiger partial charge in [-0.3, -0.25) is 9.69 Å². The molecular formula is C18H24N2O4. The molecule has 2 heterocycles. The molecule has 0 aliphatic carbocycles. The number of amides is 1. The number of nitrogens with zero attached hydrogens (tertiary/aromatic N) is 2. The smallest absolute Gasteiger partial charge is 0.335 e. The van der Waals surface area contributed by atoms with E-state index >= 15 is 0 Å². The number of carbonyl (C=O) groups excluding carboxylic acids is 1. The lowest BCUT2D eigenvalue weighted by atomic mass is 9.90. The molecule has 1 atom stereocenters. The van der Waals surface area contributed by atoms with E-state index in [0.29, 0.717) is 25.3 Å². The third-order valence-corrected chi connectivity index (χ3v) is 4.87. The van der Waals surface area contributed by atoms with E-state index in [9.17, 15) is 9.59 Å². The molecule has 0 spiro atoms. The fourth-order valence-electron chi connectivity index (χ4n) is 3.42. The highest BCUT2D eigenvalue weighted by molar-refractivity contribution is 5.87. The molecule has 1 aromatic rings. The Morgan fingerprint density at radius 2 is 1.83 bits per heavy atom. The highest BCUT2D eigenvalue weighted by Gasteiger charge is 2.26. The van der Waals surface area contributed by atoms with Crippen molar-refractivity contribution in [1.82, 2.24) is 9.80 Å². The zero-order valence-corrected chi connectivity index (χ0v) is 13.8. The molecule has 0 saturated carbocycles. The second-order valence-electron chi connectivity index (χ2n) is 6.49. The Hall–Kier alpha value is -1.92. The maximum Gasteiger partial charge on any atom is 0.335 e. The number of carboxylic acids is 1. The summed E-state index contributed by atoms with van der Waals surface area (Å²) in [6, 6.07) is 7.05. The summed E-state index contributed by atoms with van der Waals surface area (Å²) in [6.07, 6.45) is 2.02. The number of ether oxygens (including phenoxy) is 1. The van der Waals surface area contributed by atoms with Crippen molar-refractivity contribution in [3.8, 4) is 0 Å². The van der Waals surface area contributed by atoms with E-state index in [1.54, 1.807) is 12.1 Å². The molecule has 2 aliphatic rings. The fraction of sp³-hybridized carbons (Fsp3) is 0.556. The lowest BCUT2D eigenvalue weighted by molar-refractivity contribution is -0.134. The van der Waals surface area contributed by atoms with Gasteiger partial charge in [-0.15, -0.1) is 0 Å². The number of aromatic carboxylic acids is 1. The molecular weight excluding hydrogens is 308 g/mol. The van der Waals surface area contributed by atoms with Gasteiger partial charge >= 0.3 is 5.97 Å². The standard InChI is InChI=1S/C18H24N2O4/c21-17(13-19-8-10-24-11-9-19)20-7-1-2-16(12-20)14-3-5-15(6-4-14)18(22)23/h3-6,16H,1-2,7-13H2,(H,22,23)/t16-/m1/s1. The van der Waals surface area contributed by atoms with Gasteiger partial charge in [0.2, 0.25) is 5.91 Å². The molecule has 0 unspecified atom stereocenters. The van der Waals surface area contributed by atoms with Gasteiger partial charge < -0.3 is 14.7 Å². The molecule has 1 amide bonds. The molecule has 0 radical (unpaired) electrons. The van der Waals surface area contributed by atoms with Crippen LogP contribution in [0, 0.1) is 0 Å². The summed E-state index contributed by atoms with van der Waals surface area (Å²) in [7, 11) is 0. The SMILES string of the molecule is O=C(O)c1ccc([C@@H]2CCCN(C(=O)CN3CCOCC3)C2)cc1. The third kappa shape index (κ3) is 4.13. The Bertz CT molecular complexity index is 581. The number of rotatable bonds is 4. The van der Waals surface area contributed by atoms with Gasteiger partial charge in [-0.2, -0.15) is 0 Å². The first-order valence-electron chi connectivity index (χ1n) is 8.54. The second-order valence-corrected chi connectivity index (χ2v) is 6.49. The van der Waals surface area contributed by atoms with E-state index in [1.807, 2.05) is 17.0 Å². The van der Waals surface area contributed by atoms with Gasteiger partial charge in [0.15, 0.2) is 0 Å².